The Hall–Kier alpha value is -3.58. The van der Waals surface area contributed by atoms with Crippen LogP contribution in [0.4, 0.5) is 18.9 Å². The molecule has 0 unspecified atom stereocenters. The van der Waals surface area contributed by atoms with Gasteiger partial charge >= 0.3 is 6.18 Å². The number of halogens is 4. The molecule has 0 radical (unpaired) electrons. The number of rotatable bonds is 4. The van der Waals surface area contributed by atoms with Crippen LogP contribution in [0.25, 0.3) is 16.6 Å². The van der Waals surface area contributed by atoms with E-state index in [0.29, 0.717) is 22.7 Å². The maximum absolute atomic E-state index is 13.4. The molecule has 4 aromatic rings. The molecule has 2 heterocycles. The number of ketones is 1. The molecule has 0 aliphatic carbocycles. The summed E-state index contributed by atoms with van der Waals surface area (Å²) in [6.45, 7) is 1.92. The second-order valence-corrected chi connectivity index (χ2v) is 7.68. The molecule has 4 rings (SSSR count). The topological polar surface area (TPSA) is 50.6 Å². The fourth-order valence-electron chi connectivity index (χ4n) is 3.46. The van der Waals surface area contributed by atoms with Crippen molar-refractivity contribution in [3.63, 3.8) is 0 Å². The number of fused-ring (bicyclic) bond motifs is 1. The van der Waals surface area contributed by atoms with Crippen LogP contribution < -0.4 is 5.32 Å². The number of aromatic nitrogens is 1. The van der Waals surface area contributed by atoms with Gasteiger partial charge in [-0.3, -0.25) is 9.59 Å². The minimum atomic E-state index is -4.76. The number of carbonyl (C=O) groups excluding carboxylic acids is 2. The maximum Gasteiger partial charge on any atom is 0.418 e. The van der Waals surface area contributed by atoms with Crippen molar-refractivity contribution in [2.24, 2.45) is 0 Å². The third kappa shape index (κ3) is 4.11. The molecule has 0 aliphatic rings. The number of anilines is 1. The fourth-order valence-corrected chi connectivity index (χ4v) is 3.63. The van der Waals surface area contributed by atoms with E-state index in [1.54, 1.807) is 34.9 Å². The molecular weight excluding hydrogens is 441 g/mol. The Kier molecular flexibility index (Phi) is 5.52. The molecule has 162 valence electrons. The molecule has 0 saturated carbocycles. The third-order valence-electron chi connectivity index (χ3n) is 5.00. The number of carbonyl (C=O) groups is 2. The van der Waals surface area contributed by atoms with E-state index in [4.69, 9.17) is 11.6 Å². The molecule has 0 bridgehead atoms. The van der Waals surface area contributed by atoms with Gasteiger partial charge in [-0.1, -0.05) is 47.5 Å². The average Bonchev–Trinajstić information content (AvgIpc) is 3.13. The van der Waals surface area contributed by atoms with Crippen molar-refractivity contribution in [3.05, 3.63) is 94.8 Å². The maximum atomic E-state index is 13.4. The lowest BCUT2D eigenvalue weighted by Crippen LogP contribution is -2.26. The zero-order chi connectivity index (χ0) is 23.0. The molecule has 1 N–H and O–H groups in total. The van der Waals surface area contributed by atoms with Gasteiger partial charge in [0.1, 0.15) is 5.69 Å². The Morgan fingerprint density at radius 2 is 1.69 bits per heavy atom. The van der Waals surface area contributed by atoms with Crippen LogP contribution in [0.5, 0.6) is 0 Å². The van der Waals surface area contributed by atoms with Crippen LogP contribution >= 0.6 is 11.6 Å². The van der Waals surface area contributed by atoms with Gasteiger partial charge in [0.05, 0.1) is 11.3 Å². The average molecular weight is 457 g/mol. The van der Waals surface area contributed by atoms with E-state index < -0.39 is 29.1 Å². The SMILES string of the molecule is Cc1ccc(-c2cc3ccccn3c2C(=O)C(=O)Nc2ccc(Cl)cc2C(F)(F)F)cc1. The zero-order valence-corrected chi connectivity index (χ0v) is 17.5. The molecule has 1 amide bonds. The normalized spacial score (nSPS) is 11.5. The molecule has 4 nitrogen and oxygen atoms in total. The highest BCUT2D eigenvalue weighted by Gasteiger charge is 2.35. The lowest BCUT2D eigenvalue weighted by molar-refractivity contribution is -0.137. The monoisotopic (exact) mass is 456 g/mol. The number of aryl methyl sites for hydroxylation is 1. The summed E-state index contributed by atoms with van der Waals surface area (Å²) in [5.74, 6) is -2.15. The van der Waals surface area contributed by atoms with Crippen LogP contribution in [-0.2, 0) is 11.0 Å². The predicted molar refractivity (Wildman–Crippen MR) is 117 cm³/mol. The Morgan fingerprint density at radius 1 is 0.969 bits per heavy atom. The van der Waals surface area contributed by atoms with E-state index in [-0.39, 0.29) is 10.7 Å². The Morgan fingerprint density at radius 3 is 2.38 bits per heavy atom. The van der Waals surface area contributed by atoms with Gasteiger partial charge in [0.15, 0.2) is 0 Å². The largest absolute Gasteiger partial charge is 0.418 e. The molecule has 2 aromatic carbocycles. The minimum Gasteiger partial charge on any atom is -0.318 e. The van der Waals surface area contributed by atoms with Crippen molar-refractivity contribution in [1.82, 2.24) is 4.40 Å². The summed E-state index contributed by atoms with van der Waals surface area (Å²) in [6, 6.07) is 17.3. The van der Waals surface area contributed by atoms with Gasteiger partial charge in [-0.2, -0.15) is 13.2 Å². The number of alkyl halides is 3. The molecule has 0 spiro atoms. The highest BCUT2D eigenvalue weighted by Crippen LogP contribution is 2.37. The van der Waals surface area contributed by atoms with E-state index in [1.165, 1.54) is 6.07 Å². The van der Waals surface area contributed by atoms with Crippen molar-refractivity contribution in [3.8, 4) is 11.1 Å². The van der Waals surface area contributed by atoms with Crippen molar-refractivity contribution in [2.75, 3.05) is 5.32 Å². The van der Waals surface area contributed by atoms with Gasteiger partial charge in [-0.15, -0.1) is 0 Å². The Bertz CT molecular complexity index is 1340. The lowest BCUT2D eigenvalue weighted by atomic mass is 10.0. The second-order valence-electron chi connectivity index (χ2n) is 7.24. The highest BCUT2D eigenvalue weighted by molar-refractivity contribution is 6.47. The first-order chi connectivity index (χ1) is 15.1. The quantitative estimate of drug-likeness (QED) is 0.285. The van der Waals surface area contributed by atoms with Crippen LogP contribution in [0.2, 0.25) is 5.02 Å². The van der Waals surface area contributed by atoms with Crippen LogP contribution in [0.3, 0.4) is 0 Å². The van der Waals surface area contributed by atoms with Gasteiger partial charge < -0.3 is 9.72 Å². The molecule has 0 aliphatic heterocycles. The number of nitrogens with zero attached hydrogens (tertiary/aromatic N) is 1. The van der Waals surface area contributed by atoms with Crippen LogP contribution in [0.15, 0.2) is 72.9 Å². The lowest BCUT2D eigenvalue weighted by Gasteiger charge is -2.14. The van der Waals surface area contributed by atoms with E-state index >= 15 is 0 Å². The molecule has 8 heteroatoms. The summed E-state index contributed by atoms with van der Waals surface area (Å²) < 4.78 is 41.7. The van der Waals surface area contributed by atoms with Crippen LogP contribution in [0, 0.1) is 6.92 Å². The first kappa shape index (κ1) is 21.6. The summed E-state index contributed by atoms with van der Waals surface area (Å²) in [4.78, 5) is 26.0. The number of Topliss-reactive ketones (excluding diaryl/α,β-unsaturated/α-hetero) is 1. The number of nitrogens with one attached hydrogen (secondary N) is 1. The molecule has 0 saturated heterocycles. The predicted octanol–water partition coefficient (Wildman–Crippen LogP) is 6.41. The van der Waals surface area contributed by atoms with Crippen molar-refractivity contribution in [1.29, 1.82) is 0 Å². The van der Waals surface area contributed by atoms with Gasteiger partial charge in [-0.05, 0) is 48.9 Å². The summed E-state index contributed by atoms with van der Waals surface area (Å²) in [7, 11) is 0. The number of amides is 1. The van der Waals surface area contributed by atoms with Gasteiger partial charge in [0.25, 0.3) is 11.7 Å². The smallest absolute Gasteiger partial charge is 0.318 e. The first-order valence-corrected chi connectivity index (χ1v) is 9.92. The zero-order valence-electron chi connectivity index (χ0n) is 16.7. The van der Waals surface area contributed by atoms with Gasteiger partial charge in [-0.25, -0.2) is 0 Å². The number of hydrogen-bond acceptors (Lipinski definition) is 2. The van der Waals surface area contributed by atoms with E-state index in [2.05, 4.69) is 5.32 Å². The molecule has 2 aromatic heterocycles. The van der Waals surface area contributed by atoms with Crippen molar-refractivity contribution in [2.45, 2.75) is 13.1 Å². The van der Waals surface area contributed by atoms with Gasteiger partial charge in [0.2, 0.25) is 0 Å². The van der Waals surface area contributed by atoms with E-state index in [0.717, 1.165) is 11.6 Å². The van der Waals surface area contributed by atoms with Crippen molar-refractivity contribution < 1.29 is 22.8 Å². The second kappa shape index (κ2) is 8.16. The summed E-state index contributed by atoms with van der Waals surface area (Å²) in [5, 5.41) is 1.97. The third-order valence-corrected chi connectivity index (χ3v) is 5.23. The van der Waals surface area contributed by atoms with Gasteiger partial charge in [0, 0.05) is 22.3 Å². The fraction of sp³-hybridized carbons (Fsp3) is 0.0833. The molecular formula is C24H16ClF3N2O2. The van der Waals surface area contributed by atoms with Crippen LogP contribution in [-0.4, -0.2) is 16.1 Å². The number of pyridine rings is 1. The summed E-state index contributed by atoms with van der Waals surface area (Å²) in [5.41, 5.74) is 1.28. The Balaban J connectivity index is 1.77. The van der Waals surface area contributed by atoms with E-state index in [9.17, 15) is 22.8 Å². The van der Waals surface area contributed by atoms with Crippen LogP contribution in [0.1, 0.15) is 21.6 Å². The highest BCUT2D eigenvalue weighted by atomic mass is 35.5. The standard InChI is InChI=1S/C24H16ClF3N2O2/c1-14-5-7-15(8-6-14)18-13-17-4-2-3-11-30(17)21(18)22(31)23(32)29-20-10-9-16(25)12-19(20)24(26,27)28/h2-13H,1H3,(H,29,32). The number of benzene rings is 2. The molecule has 0 atom stereocenters. The summed E-state index contributed by atoms with van der Waals surface area (Å²) >= 11 is 5.69. The first-order valence-electron chi connectivity index (χ1n) is 9.55. The minimum absolute atomic E-state index is 0.0597. The molecule has 0 fully saturated rings. The number of hydrogen-bond donors (Lipinski definition) is 1. The van der Waals surface area contributed by atoms with E-state index in [1.807, 2.05) is 31.2 Å². The molecule has 32 heavy (non-hydrogen) atoms. The van der Waals surface area contributed by atoms with Crippen molar-refractivity contribution >= 4 is 34.5 Å². The summed E-state index contributed by atoms with van der Waals surface area (Å²) in [6.07, 6.45) is -3.14. The Labute approximate surface area is 186 Å².